The van der Waals surface area contributed by atoms with Gasteiger partial charge in [0.2, 0.25) is 0 Å². The first-order chi connectivity index (χ1) is 11.8. The molecule has 0 bridgehead atoms. The SMILES string of the molecule is COc1ccc(C(C)NC(=O)C(C)Oc2cccc(Cl)c2Cl)cc1F. The minimum Gasteiger partial charge on any atom is -0.494 e. The van der Waals surface area contributed by atoms with Gasteiger partial charge < -0.3 is 14.8 Å². The molecule has 1 N–H and O–H groups in total. The van der Waals surface area contributed by atoms with Crippen molar-refractivity contribution in [2.24, 2.45) is 0 Å². The van der Waals surface area contributed by atoms with Crippen LogP contribution >= 0.6 is 23.2 Å². The average molecular weight is 386 g/mol. The van der Waals surface area contributed by atoms with Crippen LogP contribution in [0.15, 0.2) is 36.4 Å². The molecule has 2 unspecified atom stereocenters. The third-order valence-corrected chi connectivity index (χ3v) is 4.43. The molecular formula is C18H18Cl2FNO3. The van der Waals surface area contributed by atoms with E-state index < -0.39 is 18.0 Å². The van der Waals surface area contributed by atoms with Gasteiger partial charge in [0.1, 0.15) is 10.8 Å². The Hall–Kier alpha value is -1.98. The topological polar surface area (TPSA) is 47.6 Å². The number of benzene rings is 2. The highest BCUT2D eigenvalue weighted by molar-refractivity contribution is 6.42. The summed E-state index contributed by atoms with van der Waals surface area (Å²) in [6, 6.07) is 9.04. The Morgan fingerprint density at radius 2 is 1.88 bits per heavy atom. The van der Waals surface area contributed by atoms with Gasteiger partial charge in [0, 0.05) is 0 Å². The molecule has 0 aromatic heterocycles. The Kier molecular flexibility index (Phi) is 6.51. The van der Waals surface area contributed by atoms with Crippen molar-refractivity contribution in [3.8, 4) is 11.5 Å². The van der Waals surface area contributed by atoms with Crippen LogP contribution in [0.3, 0.4) is 0 Å². The number of ether oxygens (including phenoxy) is 2. The summed E-state index contributed by atoms with van der Waals surface area (Å²) < 4.78 is 24.2. The Morgan fingerprint density at radius 1 is 1.16 bits per heavy atom. The molecule has 0 aliphatic carbocycles. The molecule has 25 heavy (non-hydrogen) atoms. The molecule has 4 nitrogen and oxygen atoms in total. The van der Waals surface area contributed by atoms with E-state index in [0.717, 1.165) is 0 Å². The Labute approximate surface area is 155 Å². The fraction of sp³-hybridized carbons (Fsp3) is 0.278. The van der Waals surface area contributed by atoms with Crippen molar-refractivity contribution in [3.05, 3.63) is 57.8 Å². The van der Waals surface area contributed by atoms with Crippen molar-refractivity contribution in [1.82, 2.24) is 5.32 Å². The average Bonchev–Trinajstić information content (AvgIpc) is 2.58. The molecule has 7 heteroatoms. The second-order valence-electron chi connectivity index (χ2n) is 5.44. The van der Waals surface area contributed by atoms with E-state index in [0.29, 0.717) is 16.3 Å². The van der Waals surface area contributed by atoms with Crippen molar-refractivity contribution in [2.75, 3.05) is 7.11 Å². The number of nitrogens with one attached hydrogen (secondary N) is 1. The first kappa shape index (κ1) is 19.3. The maximum Gasteiger partial charge on any atom is 0.261 e. The molecule has 0 heterocycles. The van der Waals surface area contributed by atoms with Gasteiger partial charge in [-0.15, -0.1) is 0 Å². The Balaban J connectivity index is 2.03. The standard InChI is InChI=1S/C18H18Cl2FNO3/c1-10(12-7-8-15(24-3)14(21)9-12)22-18(23)11(2)25-16-6-4-5-13(19)17(16)20/h4-11H,1-3H3,(H,22,23). The number of halogens is 3. The van der Waals surface area contributed by atoms with Gasteiger partial charge in [0.25, 0.3) is 5.91 Å². The van der Waals surface area contributed by atoms with E-state index in [4.69, 9.17) is 32.7 Å². The largest absolute Gasteiger partial charge is 0.494 e. The molecule has 0 saturated heterocycles. The van der Waals surface area contributed by atoms with Crippen molar-refractivity contribution in [1.29, 1.82) is 0 Å². The summed E-state index contributed by atoms with van der Waals surface area (Å²) in [5.74, 6) is -0.384. The van der Waals surface area contributed by atoms with Gasteiger partial charge in [-0.1, -0.05) is 35.3 Å². The third kappa shape index (κ3) is 4.77. The predicted octanol–water partition coefficient (Wildman–Crippen LogP) is 4.79. The van der Waals surface area contributed by atoms with Crippen LogP contribution in [0.1, 0.15) is 25.5 Å². The maximum atomic E-state index is 13.8. The Morgan fingerprint density at radius 3 is 2.52 bits per heavy atom. The minimum atomic E-state index is -0.804. The summed E-state index contributed by atoms with van der Waals surface area (Å²) >= 11 is 12.0. The van der Waals surface area contributed by atoms with Crippen LogP contribution in [0.5, 0.6) is 11.5 Å². The second-order valence-corrected chi connectivity index (χ2v) is 6.22. The fourth-order valence-electron chi connectivity index (χ4n) is 2.19. The van der Waals surface area contributed by atoms with Gasteiger partial charge in [-0.2, -0.15) is 0 Å². The van der Waals surface area contributed by atoms with Crippen molar-refractivity contribution >= 4 is 29.1 Å². The highest BCUT2D eigenvalue weighted by atomic mass is 35.5. The zero-order valence-electron chi connectivity index (χ0n) is 14.0. The number of hydrogen-bond acceptors (Lipinski definition) is 3. The van der Waals surface area contributed by atoms with E-state index >= 15 is 0 Å². The number of amides is 1. The lowest BCUT2D eigenvalue weighted by Gasteiger charge is -2.20. The summed E-state index contributed by atoms with van der Waals surface area (Å²) in [5, 5.41) is 3.35. The molecule has 2 atom stereocenters. The lowest BCUT2D eigenvalue weighted by molar-refractivity contribution is -0.127. The molecule has 0 aliphatic rings. The predicted molar refractivity (Wildman–Crippen MR) is 96.1 cm³/mol. The quantitative estimate of drug-likeness (QED) is 0.777. The summed E-state index contributed by atoms with van der Waals surface area (Å²) in [7, 11) is 1.39. The maximum absolute atomic E-state index is 13.8. The number of carbonyl (C=O) groups is 1. The summed E-state index contributed by atoms with van der Waals surface area (Å²) in [6.07, 6.45) is -0.804. The van der Waals surface area contributed by atoms with Crippen LogP contribution in [0.25, 0.3) is 0 Å². The first-order valence-electron chi connectivity index (χ1n) is 7.58. The van der Waals surface area contributed by atoms with Crippen molar-refractivity contribution in [3.63, 3.8) is 0 Å². The molecule has 0 saturated carbocycles. The van der Waals surface area contributed by atoms with Gasteiger partial charge in [0.15, 0.2) is 17.7 Å². The van der Waals surface area contributed by atoms with E-state index in [1.807, 2.05) is 0 Å². The Bertz CT molecular complexity index is 770. The molecule has 134 valence electrons. The lowest BCUT2D eigenvalue weighted by atomic mass is 10.1. The highest BCUT2D eigenvalue weighted by Crippen LogP contribution is 2.32. The zero-order chi connectivity index (χ0) is 18.6. The van der Waals surface area contributed by atoms with Crippen LogP contribution in [0, 0.1) is 5.82 Å². The highest BCUT2D eigenvalue weighted by Gasteiger charge is 2.20. The van der Waals surface area contributed by atoms with Crippen LogP contribution in [0.2, 0.25) is 10.0 Å². The molecule has 2 rings (SSSR count). The van der Waals surface area contributed by atoms with E-state index in [2.05, 4.69) is 5.32 Å². The van der Waals surface area contributed by atoms with Crippen LogP contribution in [-0.2, 0) is 4.79 Å². The van der Waals surface area contributed by atoms with Gasteiger partial charge in [-0.3, -0.25) is 4.79 Å². The number of rotatable bonds is 6. The van der Waals surface area contributed by atoms with E-state index in [9.17, 15) is 9.18 Å². The normalized spacial score (nSPS) is 13.0. The van der Waals surface area contributed by atoms with E-state index in [1.165, 1.54) is 19.2 Å². The molecule has 2 aromatic rings. The fourth-order valence-corrected chi connectivity index (χ4v) is 2.52. The lowest BCUT2D eigenvalue weighted by Crippen LogP contribution is -2.37. The monoisotopic (exact) mass is 385 g/mol. The minimum absolute atomic E-state index is 0.148. The molecule has 0 radical (unpaired) electrons. The van der Waals surface area contributed by atoms with Gasteiger partial charge in [-0.05, 0) is 43.7 Å². The molecule has 0 aliphatic heterocycles. The summed E-state index contributed by atoms with van der Waals surface area (Å²) in [5.41, 5.74) is 0.611. The van der Waals surface area contributed by atoms with Gasteiger partial charge >= 0.3 is 0 Å². The second kappa shape index (κ2) is 8.41. The molecular weight excluding hydrogens is 368 g/mol. The van der Waals surface area contributed by atoms with Gasteiger partial charge in [-0.25, -0.2) is 4.39 Å². The number of carbonyl (C=O) groups excluding carboxylic acids is 1. The first-order valence-corrected chi connectivity index (χ1v) is 8.33. The van der Waals surface area contributed by atoms with Gasteiger partial charge in [0.05, 0.1) is 18.2 Å². The van der Waals surface area contributed by atoms with Crippen LogP contribution in [0.4, 0.5) is 4.39 Å². The molecule has 1 amide bonds. The smallest absolute Gasteiger partial charge is 0.261 e. The third-order valence-electron chi connectivity index (χ3n) is 3.62. The molecule has 0 fully saturated rings. The van der Waals surface area contributed by atoms with Crippen LogP contribution < -0.4 is 14.8 Å². The van der Waals surface area contributed by atoms with Crippen LogP contribution in [-0.4, -0.2) is 19.1 Å². The molecule has 0 spiro atoms. The summed E-state index contributed by atoms with van der Waals surface area (Å²) in [4.78, 5) is 12.3. The number of hydrogen-bond donors (Lipinski definition) is 1. The van der Waals surface area contributed by atoms with E-state index in [1.54, 1.807) is 38.1 Å². The zero-order valence-corrected chi connectivity index (χ0v) is 15.5. The van der Waals surface area contributed by atoms with Crippen molar-refractivity contribution in [2.45, 2.75) is 26.0 Å². The van der Waals surface area contributed by atoms with Crippen molar-refractivity contribution < 1.29 is 18.7 Å². The van der Waals surface area contributed by atoms with E-state index in [-0.39, 0.29) is 16.7 Å². The summed E-state index contributed by atoms with van der Waals surface area (Å²) in [6.45, 7) is 3.34. The molecule has 2 aromatic carbocycles. The number of methoxy groups -OCH3 is 1.